The molecule has 4 aromatic rings. The van der Waals surface area contributed by atoms with Crippen LogP contribution in [0.2, 0.25) is 0 Å². The molecule has 0 spiro atoms. The number of fused-ring (bicyclic) bond motifs is 1. The number of aromatic nitrogens is 3. The number of carbonyl (C=O) groups is 2. The van der Waals surface area contributed by atoms with Crippen LogP contribution in [0.5, 0.6) is 0 Å². The largest absolute Gasteiger partial charge is 0.467 e. The van der Waals surface area contributed by atoms with Crippen molar-refractivity contribution < 1.29 is 18.4 Å². The maximum absolute atomic E-state index is 14.2. The lowest BCUT2D eigenvalue weighted by Gasteiger charge is -2.30. The lowest BCUT2D eigenvalue weighted by Crippen LogP contribution is -2.45. The van der Waals surface area contributed by atoms with E-state index in [0.29, 0.717) is 23.5 Å². The molecule has 0 aliphatic heterocycles. The van der Waals surface area contributed by atoms with Crippen molar-refractivity contribution in [2.45, 2.75) is 32.9 Å². The fourth-order valence-electron chi connectivity index (χ4n) is 3.70. The first kappa shape index (κ1) is 23.2. The first-order valence-electron chi connectivity index (χ1n) is 11.1. The smallest absolute Gasteiger partial charge is 0.251 e. The zero-order valence-corrected chi connectivity index (χ0v) is 19.0. The van der Waals surface area contributed by atoms with Gasteiger partial charge in [-0.15, -0.1) is 5.10 Å². The van der Waals surface area contributed by atoms with Crippen LogP contribution in [0.1, 0.15) is 32.1 Å². The van der Waals surface area contributed by atoms with E-state index in [1.807, 2.05) is 12.1 Å². The maximum atomic E-state index is 14.2. The lowest BCUT2D eigenvalue weighted by atomic mass is 10.1. The number of rotatable bonds is 9. The first-order chi connectivity index (χ1) is 16.4. The molecule has 0 bridgehead atoms. The van der Waals surface area contributed by atoms with Crippen molar-refractivity contribution in [1.29, 1.82) is 0 Å². The Balaban J connectivity index is 1.72. The van der Waals surface area contributed by atoms with Crippen LogP contribution >= 0.6 is 0 Å². The van der Waals surface area contributed by atoms with Crippen LogP contribution in [-0.4, -0.2) is 33.4 Å². The number of nitrogens with one attached hydrogen (secondary N) is 1. The molecule has 1 N–H and O–H groups in total. The molecule has 0 aliphatic carbocycles. The van der Waals surface area contributed by atoms with E-state index in [9.17, 15) is 14.0 Å². The normalized spacial score (nSPS) is 12.1. The molecule has 0 fully saturated rings. The van der Waals surface area contributed by atoms with Crippen molar-refractivity contribution in [2.75, 3.05) is 11.4 Å². The molecule has 0 unspecified atom stereocenters. The van der Waals surface area contributed by atoms with Crippen LogP contribution in [0.25, 0.3) is 11.0 Å². The standard InChI is InChI=1S/C25H26FN5O3/c1-17(2)12-13-27-25(33)24(22-11-6-14-34-22)31(19-8-5-7-18(26)15-19)23(32)16-30-21-10-4-3-9-20(21)28-29-30/h3-11,14-15,17,24H,12-13,16H2,1-2H3,(H,27,33)/t24-/m1/s1. The van der Waals surface area contributed by atoms with Crippen molar-refractivity contribution in [1.82, 2.24) is 20.3 Å². The van der Waals surface area contributed by atoms with Crippen LogP contribution in [-0.2, 0) is 16.1 Å². The van der Waals surface area contributed by atoms with Gasteiger partial charge in [-0.25, -0.2) is 9.07 Å². The number of amides is 2. The summed E-state index contributed by atoms with van der Waals surface area (Å²) in [7, 11) is 0. The summed E-state index contributed by atoms with van der Waals surface area (Å²) in [4.78, 5) is 28.3. The zero-order chi connectivity index (χ0) is 24.1. The molecule has 0 saturated heterocycles. The van der Waals surface area contributed by atoms with Crippen LogP contribution in [0.4, 0.5) is 10.1 Å². The molecule has 2 amide bonds. The van der Waals surface area contributed by atoms with Crippen molar-refractivity contribution in [2.24, 2.45) is 5.92 Å². The minimum absolute atomic E-state index is 0.201. The number of furan rings is 1. The van der Waals surface area contributed by atoms with Gasteiger partial charge in [-0.2, -0.15) is 0 Å². The van der Waals surface area contributed by atoms with Gasteiger partial charge in [0, 0.05) is 12.2 Å². The average Bonchev–Trinajstić information content (AvgIpc) is 3.47. The Bertz CT molecular complexity index is 1270. The SMILES string of the molecule is CC(C)CCNC(=O)[C@@H](c1ccco1)N(C(=O)Cn1nnc2ccccc21)c1cccc(F)c1. The molecule has 4 rings (SSSR count). The van der Waals surface area contributed by atoms with Gasteiger partial charge in [0.2, 0.25) is 5.91 Å². The molecule has 1 atom stereocenters. The molecule has 0 aliphatic rings. The molecule has 0 radical (unpaired) electrons. The van der Waals surface area contributed by atoms with E-state index < -0.39 is 23.7 Å². The third kappa shape index (κ3) is 5.14. The second-order valence-corrected chi connectivity index (χ2v) is 8.37. The summed E-state index contributed by atoms with van der Waals surface area (Å²) < 4.78 is 21.2. The van der Waals surface area contributed by atoms with E-state index in [-0.39, 0.29) is 18.0 Å². The summed E-state index contributed by atoms with van der Waals surface area (Å²) in [5, 5.41) is 11.1. The summed E-state index contributed by atoms with van der Waals surface area (Å²) in [5.74, 6) is -0.759. The zero-order valence-electron chi connectivity index (χ0n) is 19.0. The number of anilines is 1. The second-order valence-electron chi connectivity index (χ2n) is 8.37. The predicted molar refractivity (Wildman–Crippen MR) is 125 cm³/mol. The number of nitrogens with zero attached hydrogens (tertiary/aromatic N) is 4. The van der Waals surface area contributed by atoms with Crippen molar-refractivity contribution >= 4 is 28.5 Å². The van der Waals surface area contributed by atoms with Gasteiger partial charge in [0.15, 0.2) is 6.04 Å². The van der Waals surface area contributed by atoms with Gasteiger partial charge in [-0.3, -0.25) is 14.5 Å². The Morgan fingerprint density at radius 2 is 1.94 bits per heavy atom. The lowest BCUT2D eigenvalue weighted by molar-refractivity contribution is -0.127. The number of carbonyl (C=O) groups excluding carboxylic acids is 2. The Morgan fingerprint density at radius 1 is 1.12 bits per heavy atom. The molecule has 176 valence electrons. The topological polar surface area (TPSA) is 93.3 Å². The van der Waals surface area contributed by atoms with Crippen molar-refractivity contribution in [3.8, 4) is 0 Å². The molecular weight excluding hydrogens is 437 g/mol. The Kier molecular flexibility index (Phi) is 7.01. The van der Waals surface area contributed by atoms with Gasteiger partial charge in [0.05, 0.1) is 11.8 Å². The summed E-state index contributed by atoms with van der Waals surface area (Å²) in [5.41, 5.74) is 1.54. The van der Waals surface area contributed by atoms with E-state index in [0.717, 1.165) is 6.42 Å². The van der Waals surface area contributed by atoms with Crippen LogP contribution in [0.15, 0.2) is 71.3 Å². The quantitative estimate of drug-likeness (QED) is 0.403. The van der Waals surface area contributed by atoms with Gasteiger partial charge in [0.25, 0.3) is 5.91 Å². The van der Waals surface area contributed by atoms with E-state index in [4.69, 9.17) is 4.42 Å². The van der Waals surface area contributed by atoms with Crippen LogP contribution in [0.3, 0.4) is 0 Å². The van der Waals surface area contributed by atoms with Gasteiger partial charge in [-0.05, 0) is 54.8 Å². The highest BCUT2D eigenvalue weighted by Crippen LogP contribution is 2.29. The molecule has 34 heavy (non-hydrogen) atoms. The summed E-state index contributed by atoms with van der Waals surface area (Å²) in [6.45, 7) is 4.35. The predicted octanol–water partition coefficient (Wildman–Crippen LogP) is 4.10. The fourth-order valence-corrected chi connectivity index (χ4v) is 3.70. The minimum Gasteiger partial charge on any atom is -0.467 e. The van der Waals surface area contributed by atoms with E-state index in [1.54, 1.807) is 30.3 Å². The van der Waals surface area contributed by atoms with Gasteiger partial charge in [0.1, 0.15) is 23.6 Å². The van der Waals surface area contributed by atoms with Crippen LogP contribution in [0, 0.1) is 11.7 Å². The molecular formula is C25H26FN5O3. The summed E-state index contributed by atoms with van der Waals surface area (Å²) in [6, 6.07) is 15.0. The molecule has 0 saturated carbocycles. The number of hydrogen-bond acceptors (Lipinski definition) is 5. The number of hydrogen-bond donors (Lipinski definition) is 1. The monoisotopic (exact) mass is 463 g/mol. The Labute approximate surface area is 196 Å². The average molecular weight is 464 g/mol. The van der Waals surface area contributed by atoms with E-state index in [1.165, 1.54) is 34.0 Å². The minimum atomic E-state index is -1.13. The number of benzene rings is 2. The Hall–Kier alpha value is -4.01. The fraction of sp³-hybridized carbons (Fsp3) is 0.280. The van der Waals surface area contributed by atoms with E-state index in [2.05, 4.69) is 29.5 Å². The highest BCUT2D eigenvalue weighted by atomic mass is 19.1. The second kappa shape index (κ2) is 10.3. The third-order valence-corrected chi connectivity index (χ3v) is 5.40. The summed E-state index contributed by atoms with van der Waals surface area (Å²) >= 11 is 0. The number of para-hydroxylation sites is 1. The highest BCUT2D eigenvalue weighted by Gasteiger charge is 2.35. The molecule has 2 aromatic carbocycles. The Morgan fingerprint density at radius 3 is 2.68 bits per heavy atom. The van der Waals surface area contributed by atoms with E-state index >= 15 is 0 Å². The van der Waals surface area contributed by atoms with Crippen molar-refractivity contribution in [3.05, 3.63) is 78.5 Å². The van der Waals surface area contributed by atoms with Crippen LogP contribution < -0.4 is 10.2 Å². The summed E-state index contributed by atoms with van der Waals surface area (Å²) in [6.07, 6.45) is 2.21. The first-order valence-corrected chi connectivity index (χ1v) is 11.1. The third-order valence-electron chi connectivity index (χ3n) is 5.40. The van der Waals surface area contributed by atoms with Gasteiger partial charge in [-0.1, -0.05) is 37.3 Å². The highest BCUT2D eigenvalue weighted by molar-refractivity contribution is 6.01. The molecule has 2 aromatic heterocycles. The molecule has 8 nitrogen and oxygen atoms in total. The van der Waals surface area contributed by atoms with Gasteiger partial charge < -0.3 is 9.73 Å². The number of halogens is 1. The van der Waals surface area contributed by atoms with Gasteiger partial charge >= 0.3 is 0 Å². The van der Waals surface area contributed by atoms with Crippen molar-refractivity contribution in [3.63, 3.8) is 0 Å². The maximum Gasteiger partial charge on any atom is 0.251 e. The molecule has 2 heterocycles. The molecule has 9 heteroatoms.